The van der Waals surface area contributed by atoms with Gasteiger partial charge in [0.15, 0.2) is 5.76 Å². The lowest BCUT2D eigenvalue weighted by Gasteiger charge is -2.34. The third-order valence-corrected chi connectivity index (χ3v) is 4.03. The molecule has 138 valence electrons. The maximum Gasteiger partial charge on any atom is 0.416 e. The largest absolute Gasteiger partial charge is 0.459 e. The zero-order valence-electron chi connectivity index (χ0n) is 13.6. The molecule has 0 unspecified atom stereocenters. The number of amides is 3. The summed E-state index contributed by atoms with van der Waals surface area (Å²) in [5, 5.41) is 2.46. The fourth-order valence-corrected chi connectivity index (χ4v) is 2.64. The highest BCUT2D eigenvalue weighted by atomic mass is 19.4. The predicted octanol–water partition coefficient (Wildman–Crippen LogP) is 3.29. The minimum absolute atomic E-state index is 0.0684. The second kappa shape index (κ2) is 7.11. The molecule has 0 saturated carbocycles. The standard InChI is InChI=1S/C17H16F3N3O3/c18-17(19,20)12-3-1-4-13(11-12)21-16(25)23-8-6-22(7-9-23)15(24)14-5-2-10-26-14/h1-5,10-11H,6-9H2,(H,21,25). The predicted molar refractivity (Wildman–Crippen MR) is 86.6 cm³/mol. The van der Waals surface area contributed by atoms with Crippen molar-refractivity contribution in [3.05, 3.63) is 54.0 Å². The van der Waals surface area contributed by atoms with Gasteiger partial charge in [0.1, 0.15) is 0 Å². The Bertz CT molecular complexity index is 782. The summed E-state index contributed by atoms with van der Waals surface area (Å²) in [6.45, 7) is 1.18. The molecule has 9 heteroatoms. The van der Waals surface area contributed by atoms with Gasteiger partial charge in [0.25, 0.3) is 5.91 Å². The molecule has 0 spiro atoms. The summed E-state index contributed by atoms with van der Waals surface area (Å²) in [4.78, 5) is 27.4. The van der Waals surface area contributed by atoms with Crippen molar-refractivity contribution in [1.82, 2.24) is 9.80 Å². The first kappa shape index (κ1) is 17.8. The maximum absolute atomic E-state index is 12.7. The van der Waals surface area contributed by atoms with Gasteiger partial charge in [0.2, 0.25) is 0 Å². The molecule has 0 bridgehead atoms. The molecule has 6 nitrogen and oxygen atoms in total. The fraction of sp³-hybridized carbons (Fsp3) is 0.294. The van der Waals surface area contributed by atoms with Gasteiger partial charge >= 0.3 is 12.2 Å². The van der Waals surface area contributed by atoms with E-state index in [2.05, 4.69) is 5.32 Å². The van der Waals surface area contributed by atoms with Crippen molar-refractivity contribution in [2.75, 3.05) is 31.5 Å². The van der Waals surface area contributed by atoms with Gasteiger partial charge < -0.3 is 19.5 Å². The molecule has 2 aromatic rings. The van der Waals surface area contributed by atoms with Gasteiger partial charge in [-0.3, -0.25) is 4.79 Å². The van der Waals surface area contributed by atoms with E-state index < -0.39 is 17.8 Å². The Hall–Kier alpha value is -2.97. The Kier molecular flexibility index (Phi) is 4.88. The molecule has 1 aliphatic rings. The molecule has 1 aromatic heterocycles. The third-order valence-electron chi connectivity index (χ3n) is 4.03. The van der Waals surface area contributed by atoms with E-state index in [0.717, 1.165) is 12.1 Å². The van der Waals surface area contributed by atoms with Crippen molar-refractivity contribution in [3.8, 4) is 0 Å². The second-order valence-electron chi connectivity index (χ2n) is 5.77. The van der Waals surface area contributed by atoms with E-state index in [1.165, 1.54) is 23.3 Å². The van der Waals surface area contributed by atoms with Crippen molar-refractivity contribution in [3.63, 3.8) is 0 Å². The van der Waals surface area contributed by atoms with E-state index in [9.17, 15) is 22.8 Å². The summed E-state index contributed by atoms with van der Waals surface area (Å²) in [6, 6.07) is 7.13. The summed E-state index contributed by atoms with van der Waals surface area (Å²) in [6.07, 6.45) is -3.06. The molecule has 1 aliphatic heterocycles. The molecule has 1 fully saturated rings. The average Bonchev–Trinajstić information content (AvgIpc) is 3.15. The Labute approximate surface area is 147 Å². The number of carbonyl (C=O) groups is 2. The lowest BCUT2D eigenvalue weighted by Crippen LogP contribution is -2.51. The number of furan rings is 1. The molecule has 0 aliphatic carbocycles. The lowest BCUT2D eigenvalue weighted by atomic mass is 10.2. The number of urea groups is 1. The Balaban J connectivity index is 1.57. The van der Waals surface area contributed by atoms with Crippen molar-refractivity contribution < 1.29 is 27.2 Å². The number of benzene rings is 1. The van der Waals surface area contributed by atoms with Crippen LogP contribution < -0.4 is 5.32 Å². The first-order chi connectivity index (χ1) is 12.3. The number of nitrogens with one attached hydrogen (secondary N) is 1. The number of hydrogen-bond acceptors (Lipinski definition) is 3. The zero-order chi connectivity index (χ0) is 18.7. The number of rotatable bonds is 2. The third kappa shape index (κ3) is 3.98. The molecule has 0 radical (unpaired) electrons. The Morgan fingerprint density at radius 1 is 1.00 bits per heavy atom. The van der Waals surface area contributed by atoms with Crippen LogP contribution >= 0.6 is 0 Å². The van der Waals surface area contributed by atoms with Crippen molar-refractivity contribution in [2.45, 2.75) is 6.18 Å². The first-order valence-electron chi connectivity index (χ1n) is 7.90. The summed E-state index contributed by atoms with van der Waals surface area (Å²) in [7, 11) is 0. The van der Waals surface area contributed by atoms with Crippen LogP contribution in [-0.2, 0) is 6.18 Å². The number of alkyl halides is 3. The van der Waals surface area contributed by atoms with Crippen LogP contribution in [0.25, 0.3) is 0 Å². The van der Waals surface area contributed by atoms with Crippen LogP contribution in [0.2, 0.25) is 0 Å². The number of anilines is 1. The molecule has 26 heavy (non-hydrogen) atoms. The topological polar surface area (TPSA) is 65.8 Å². The minimum Gasteiger partial charge on any atom is -0.459 e. The van der Waals surface area contributed by atoms with Crippen molar-refractivity contribution >= 4 is 17.6 Å². The maximum atomic E-state index is 12.7. The van der Waals surface area contributed by atoms with Crippen LogP contribution in [0.4, 0.5) is 23.7 Å². The van der Waals surface area contributed by atoms with Crippen LogP contribution in [0.3, 0.4) is 0 Å². The van der Waals surface area contributed by atoms with Gasteiger partial charge in [-0.25, -0.2) is 4.79 Å². The molecular formula is C17H16F3N3O3. The summed E-state index contributed by atoms with van der Waals surface area (Å²) in [5.41, 5.74) is -0.761. The number of carbonyl (C=O) groups excluding carboxylic acids is 2. The Morgan fingerprint density at radius 2 is 1.69 bits per heavy atom. The van der Waals surface area contributed by atoms with Gasteiger partial charge in [-0.1, -0.05) is 6.07 Å². The van der Waals surface area contributed by atoms with Gasteiger partial charge in [-0.15, -0.1) is 0 Å². The summed E-state index contributed by atoms with van der Waals surface area (Å²) in [5.74, 6) is -0.0280. The van der Waals surface area contributed by atoms with E-state index in [1.807, 2.05) is 0 Å². The Morgan fingerprint density at radius 3 is 2.31 bits per heavy atom. The molecule has 2 heterocycles. The first-order valence-corrected chi connectivity index (χ1v) is 7.90. The van der Waals surface area contributed by atoms with Gasteiger partial charge in [-0.2, -0.15) is 13.2 Å². The number of nitrogens with zero attached hydrogens (tertiary/aromatic N) is 2. The number of halogens is 3. The van der Waals surface area contributed by atoms with E-state index in [4.69, 9.17) is 4.42 Å². The van der Waals surface area contributed by atoms with Gasteiger partial charge in [0.05, 0.1) is 11.8 Å². The zero-order valence-corrected chi connectivity index (χ0v) is 13.6. The molecule has 0 atom stereocenters. The molecule has 1 saturated heterocycles. The molecule has 3 amide bonds. The van der Waals surface area contributed by atoms with Crippen LogP contribution in [0.5, 0.6) is 0 Å². The number of hydrogen-bond donors (Lipinski definition) is 1. The highest BCUT2D eigenvalue weighted by Gasteiger charge is 2.31. The SMILES string of the molecule is O=C(Nc1cccc(C(F)(F)F)c1)N1CCN(C(=O)c2ccco2)CC1. The van der Waals surface area contributed by atoms with E-state index in [1.54, 1.807) is 17.0 Å². The van der Waals surface area contributed by atoms with Gasteiger partial charge in [0, 0.05) is 31.9 Å². The average molecular weight is 367 g/mol. The molecule has 3 rings (SSSR count). The van der Waals surface area contributed by atoms with Gasteiger partial charge in [-0.05, 0) is 30.3 Å². The van der Waals surface area contributed by atoms with E-state index in [-0.39, 0.29) is 30.4 Å². The monoisotopic (exact) mass is 367 g/mol. The van der Waals surface area contributed by atoms with Crippen LogP contribution in [-0.4, -0.2) is 47.9 Å². The minimum atomic E-state index is -4.47. The van der Waals surface area contributed by atoms with E-state index in [0.29, 0.717) is 13.1 Å². The van der Waals surface area contributed by atoms with Crippen LogP contribution in [0.1, 0.15) is 16.1 Å². The molecular weight excluding hydrogens is 351 g/mol. The smallest absolute Gasteiger partial charge is 0.416 e. The van der Waals surface area contributed by atoms with E-state index >= 15 is 0 Å². The molecule has 1 N–H and O–H groups in total. The highest BCUT2D eigenvalue weighted by Crippen LogP contribution is 2.30. The fourth-order valence-electron chi connectivity index (χ4n) is 2.64. The highest BCUT2D eigenvalue weighted by molar-refractivity contribution is 5.92. The summed E-state index contributed by atoms with van der Waals surface area (Å²) < 4.78 is 43.2. The van der Waals surface area contributed by atoms with Crippen LogP contribution in [0, 0.1) is 0 Å². The lowest BCUT2D eigenvalue weighted by molar-refractivity contribution is -0.137. The normalized spacial score (nSPS) is 15.0. The quantitative estimate of drug-likeness (QED) is 0.886. The summed E-state index contributed by atoms with van der Waals surface area (Å²) >= 11 is 0. The van der Waals surface area contributed by atoms with Crippen molar-refractivity contribution in [1.29, 1.82) is 0 Å². The number of piperazine rings is 1. The van der Waals surface area contributed by atoms with Crippen LogP contribution in [0.15, 0.2) is 47.1 Å². The second-order valence-corrected chi connectivity index (χ2v) is 5.77. The van der Waals surface area contributed by atoms with Crippen molar-refractivity contribution in [2.24, 2.45) is 0 Å². The molecule has 1 aromatic carbocycles.